The number of ketones is 1. The summed E-state index contributed by atoms with van der Waals surface area (Å²) < 4.78 is 4.46. The zero-order valence-corrected chi connectivity index (χ0v) is 12.0. The average molecular weight is 288 g/mol. The zero-order chi connectivity index (χ0) is 15.8. The fourth-order valence-electron chi connectivity index (χ4n) is 1.51. The van der Waals surface area contributed by atoms with Crippen LogP contribution in [0.25, 0.3) is 0 Å². The van der Waals surface area contributed by atoms with Gasteiger partial charge in [-0.15, -0.1) is 0 Å². The molecule has 20 heavy (non-hydrogen) atoms. The molecule has 0 radical (unpaired) electrons. The molecule has 0 aromatic carbocycles. The Hall–Kier alpha value is -2.00. The summed E-state index contributed by atoms with van der Waals surface area (Å²) in [6, 6.07) is 0. The summed E-state index contributed by atoms with van der Waals surface area (Å²) in [7, 11) is 4.10. The Morgan fingerprint density at radius 1 is 0.950 bits per heavy atom. The third kappa shape index (κ3) is 3.52. The maximum absolute atomic E-state index is 12.1. The predicted molar refractivity (Wildman–Crippen MR) is 69.3 cm³/mol. The van der Waals surface area contributed by atoms with E-state index in [-0.39, 0.29) is 13.3 Å². The molecule has 0 spiro atoms. The third-order valence-corrected chi connectivity index (χ3v) is 2.55. The fourth-order valence-corrected chi connectivity index (χ4v) is 1.51. The smallest absolute Gasteiger partial charge is 0.338 e. The van der Waals surface area contributed by atoms with Crippen molar-refractivity contribution in [2.45, 2.75) is 6.92 Å². The lowest BCUT2D eigenvalue weighted by molar-refractivity contribution is -0.166. The number of carbonyl (C=O) groups is 4. The van der Waals surface area contributed by atoms with Crippen LogP contribution in [0, 0.1) is 5.41 Å². The number of rotatable bonds is 8. The van der Waals surface area contributed by atoms with E-state index < -0.39 is 29.0 Å². The highest BCUT2D eigenvalue weighted by atomic mass is 16.5. The normalized spacial score (nSPS) is 10.6. The Labute approximate surface area is 116 Å². The van der Waals surface area contributed by atoms with Crippen LogP contribution in [0.4, 0.5) is 0 Å². The lowest BCUT2D eigenvalue weighted by atomic mass is 9.81. The fraction of sp³-hybridized carbons (Fsp3) is 0.636. The number of ether oxygens (including phenoxy) is 1. The predicted octanol–water partition coefficient (Wildman–Crippen LogP) is -2.68. The van der Waals surface area contributed by atoms with Crippen LogP contribution in [-0.4, -0.2) is 58.1 Å². The molecule has 0 saturated heterocycles. The first kappa shape index (κ1) is 18.0. The molecule has 0 aliphatic carbocycles. The van der Waals surface area contributed by atoms with Crippen molar-refractivity contribution in [3.05, 3.63) is 0 Å². The van der Waals surface area contributed by atoms with Crippen LogP contribution < -0.4 is 21.3 Å². The van der Waals surface area contributed by atoms with Crippen molar-refractivity contribution in [3.8, 4) is 0 Å². The Balaban J connectivity index is 5.59. The quantitative estimate of drug-likeness (QED) is 0.218. The van der Waals surface area contributed by atoms with E-state index in [1.807, 2.05) is 0 Å². The number of esters is 1. The third-order valence-electron chi connectivity index (χ3n) is 2.55. The molecule has 0 atom stereocenters. The van der Waals surface area contributed by atoms with Gasteiger partial charge in [-0.05, 0) is 21.0 Å². The van der Waals surface area contributed by atoms with Gasteiger partial charge in [0.05, 0.1) is 20.4 Å². The number of amides is 2. The molecular formula is C11H20N4O5. The molecule has 2 amide bonds. The average Bonchev–Trinajstić information content (AvgIpc) is 2.42. The van der Waals surface area contributed by atoms with Crippen LogP contribution in [0.3, 0.4) is 0 Å². The molecule has 0 heterocycles. The van der Waals surface area contributed by atoms with Crippen molar-refractivity contribution < 1.29 is 23.9 Å². The Morgan fingerprint density at radius 2 is 1.35 bits per heavy atom. The summed E-state index contributed by atoms with van der Waals surface area (Å²) in [5.74, 6) is -4.24. The molecule has 0 aliphatic rings. The summed E-state index contributed by atoms with van der Waals surface area (Å²) in [6.45, 7) is 0.961. The minimum Gasteiger partial charge on any atom is -0.467 e. The number of hydrogen-bond acceptors (Lipinski definition) is 7. The van der Waals surface area contributed by atoms with Crippen LogP contribution in [0.2, 0.25) is 0 Å². The van der Waals surface area contributed by atoms with Crippen LogP contribution in [-0.2, 0) is 23.9 Å². The lowest BCUT2D eigenvalue weighted by Gasteiger charge is -2.25. The molecule has 9 heteroatoms. The maximum atomic E-state index is 12.1. The van der Waals surface area contributed by atoms with Gasteiger partial charge in [-0.25, -0.2) is 4.79 Å². The van der Waals surface area contributed by atoms with Crippen LogP contribution >= 0.6 is 0 Å². The summed E-state index contributed by atoms with van der Waals surface area (Å²) in [6.07, 6.45) is 0. The molecule has 0 aliphatic heterocycles. The van der Waals surface area contributed by atoms with Gasteiger partial charge in [0.2, 0.25) is 0 Å². The molecular weight excluding hydrogens is 268 g/mol. The van der Waals surface area contributed by atoms with Gasteiger partial charge in [-0.3, -0.25) is 14.4 Å². The highest BCUT2D eigenvalue weighted by Crippen LogP contribution is 2.22. The van der Waals surface area contributed by atoms with Gasteiger partial charge in [0, 0.05) is 0 Å². The zero-order valence-electron chi connectivity index (χ0n) is 12.0. The highest BCUT2D eigenvalue weighted by Gasteiger charge is 2.58. The molecule has 0 bridgehead atoms. The molecule has 0 fully saturated rings. The van der Waals surface area contributed by atoms with Crippen LogP contribution in [0.15, 0.2) is 0 Å². The summed E-state index contributed by atoms with van der Waals surface area (Å²) in [4.78, 5) is 47.9. The molecule has 114 valence electrons. The van der Waals surface area contributed by atoms with Gasteiger partial charge in [0.25, 0.3) is 17.2 Å². The summed E-state index contributed by atoms with van der Waals surface area (Å²) in [5, 5.41) is 9.77. The van der Waals surface area contributed by atoms with E-state index >= 15 is 0 Å². The number of hydrogen-bond donors (Lipinski definition) is 4. The van der Waals surface area contributed by atoms with Crippen molar-refractivity contribution >= 4 is 23.6 Å². The highest BCUT2D eigenvalue weighted by molar-refractivity contribution is 6.36. The second kappa shape index (κ2) is 8.23. The SMILES string of the molecule is CNCNC(=O)C(C(C)=O)(C(=O)NCNC)C(=O)OC. The molecule has 9 nitrogen and oxygen atoms in total. The van der Waals surface area contributed by atoms with Gasteiger partial charge in [-0.1, -0.05) is 0 Å². The van der Waals surface area contributed by atoms with Crippen molar-refractivity contribution in [2.75, 3.05) is 34.5 Å². The minimum atomic E-state index is -2.55. The van der Waals surface area contributed by atoms with E-state index in [4.69, 9.17) is 0 Å². The molecule has 0 rings (SSSR count). The van der Waals surface area contributed by atoms with E-state index in [9.17, 15) is 19.2 Å². The van der Waals surface area contributed by atoms with Crippen molar-refractivity contribution in [1.29, 1.82) is 0 Å². The first-order valence-corrected chi connectivity index (χ1v) is 5.84. The van der Waals surface area contributed by atoms with E-state index in [1.54, 1.807) is 14.1 Å². The number of methoxy groups -OCH3 is 1. The first-order chi connectivity index (χ1) is 9.39. The molecule has 4 N–H and O–H groups in total. The van der Waals surface area contributed by atoms with Crippen molar-refractivity contribution in [1.82, 2.24) is 21.3 Å². The number of carbonyl (C=O) groups excluding carboxylic acids is 4. The van der Waals surface area contributed by atoms with E-state index in [1.165, 1.54) is 0 Å². The second-order valence-electron chi connectivity index (χ2n) is 3.87. The molecule has 0 aromatic rings. The number of Topliss-reactive ketones (excluding diaryl/α,β-unsaturated/α-hetero) is 1. The van der Waals surface area contributed by atoms with E-state index in [0.717, 1.165) is 14.0 Å². The van der Waals surface area contributed by atoms with Gasteiger partial charge in [0.1, 0.15) is 0 Å². The standard InChI is InChI=1S/C11H20N4O5/c1-7(16)11(10(19)20-4,8(17)14-5-12-2)9(18)15-6-13-3/h12-13H,5-6H2,1-4H3,(H,14,17)(H,15,18). The van der Waals surface area contributed by atoms with Crippen LogP contribution in [0.1, 0.15) is 6.92 Å². The Morgan fingerprint density at radius 3 is 1.60 bits per heavy atom. The van der Waals surface area contributed by atoms with E-state index in [2.05, 4.69) is 26.0 Å². The number of nitrogens with one attached hydrogen (secondary N) is 4. The molecule has 0 unspecified atom stereocenters. The second-order valence-corrected chi connectivity index (χ2v) is 3.87. The van der Waals surface area contributed by atoms with Crippen molar-refractivity contribution in [3.63, 3.8) is 0 Å². The van der Waals surface area contributed by atoms with Gasteiger partial charge >= 0.3 is 5.97 Å². The van der Waals surface area contributed by atoms with Gasteiger partial charge in [0.15, 0.2) is 5.78 Å². The Bertz CT molecular complexity index is 376. The summed E-state index contributed by atoms with van der Waals surface area (Å²) >= 11 is 0. The molecule has 0 saturated carbocycles. The van der Waals surface area contributed by atoms with Crippen LogP contribution in [0.5, 0.6) is 0 Å². The topological polar surface area (TPSA) is 126 Å². The maximum Gasteiger partial charge on any atom is 0.338 e. The van der Waals surface area contributed by atoms with Gasteiger partial charge < -0.3 is 26.0 Å². The Kier molecular flexibility index (Phi) is 7.40. The first-order valence-electron chi connectivity index (χ1n) is 5.84. The molecule has 0 aromatic heterocycles. The largest absolute Gasteiger partial charge is 0.467 e. The van der Waals surface area contributed by atoms with Gasteiger partial charge in [-0.2, -0.15) is 0 Å². The minimum absolute atomic E-state index is 0.00976. The summed E-state index contributed by atoms with van der Waals surface area (Å²) in [5.41, 5.74) is -2.55. The van der Waals surface area contributed by atoms with E-state index in [0.29, 0.717) is 0 Å². The van der Waals surface area contributed by atoms with Crippen molar-refractivity contribution in [2.24, 2.45) is 5.41 Å². The monoisotopic (exact) mass is 288 g/mol. The lowest BCUT2D eigenvalue weighted by Crippen LogP contribution is -2.61.